The maximum atomic E-state index is 11.5. The van der Waals surface area contributed by atoms with Crippen LogP contribution in [0.3, 0.4) is 0 Å². The molecule has 1 aliphatic rings. The van der Waals surface area contributed by atoms with E-state index in [1.165, 1.54) is 6.26 Å². The van der Waals surface area contributed by atoms with E-state index >= 15 is 0 Å². The molecule has 3 atom stereocenters. The Balaban J connectivity index is 1.88. The quantitative estimate of drug-likeness (QED) is 0.732. The van der Waals surface area contributed by atoms with Gasteiger partial charge in [0.1, 0.15) is 6.04 Å². The van der Waals surface area contributed by atoms with E-state index in [2.05, 4.69) is 11.4 Å². The second-order valence-electron chi connectivity index (χ2n) is 3.47. The van der Waals surface area contributed by atoms with E-state index in [4.69, 9.17) is 9.68 Å². The van der Waals surface area contributed by atoms with Gasteiger partial charge in [0, 0.05) is 6.54 Å². The van der Waals surface area contributed by atoms with E-state index in [0.29, 0.717) is 0 Å². The van der Waals surface area contributed by atoms with Gasteiger partial charge in [0.25, 0.3) is 5.91 Å². The Kier molecular flexibility index (Phi) is 2.44. The van der Waals surface area contributed by atoms with E-state index in [0.717, 1.165) is 6.54 Å². The molecule has 0 saturated carbocycles. The molecule has 15 heavy (non-hydrogen) atoms. The Morgan fingerprint density at radius 1 is 1.87 bits per heavy atom. The molecule has 0 radical (unpaired) electrons. The van der Waals surface area contributed by atoms with Crippen LogP contribution in [0.25, 0.3) is 0 Å². The molecule has 2 heterocycles. The van der Waals surface area contributed by atoms with E-state index in [9.17, 15) is 4.79 Å². The molecular formula is C10H11N3O2. The summed E-state index contributed by atoms with van der Waals surface area (Å²) in [6.07, 6.45) is 1.32. The second kappa shape index (κ2) is 3.75. The Hall–Kier alpha value is -1.80. The fourth-order valence-corrected chi connectivity index (χ4v) is 1.45. The summed E-state index contributed by atoms with van der Waals surface area (Å²) in [6, 6.07) is 5.34. The minimum atomic E-state index is -0.254. The Labute approximate surface area is 87.3 Å². The number of carbonyl (C=O) groups is 1. The van der Waals surface area contributed by atoms with Crippen molar-refractivity contribution in [2.75, 3.05) is 6.54 Å². The predicted molar refractivity (Wildman–Crippen MR) is 51.7 cm³/mol. The smallest absolute Gasteiger partial charge is 0.288 e. The summed E-state index contributed by atoms with van der Waals surface area (Å²) in [4.78, 5) is 13.4. The number of nitrogens with zero attached hydrogens (tertiary/aromatic N) is 2. The lowest BCUT2D eigenvalue weighted by atomic mass is 10.4. The van der Waals surface area contributed by atoms with Gasteiger partial charge in [-0.15, -0.1) is 0 Å². The second-order valence-corrected chi connectivity index (χ2v) is 3.47. The fraction of sp³-hybridized carbons (Fsp3) is 0.400. The van der Waals surface area contributed by atoms with Crippen molar-refractivity contribution >= 4 is 5.91 Å². The fourth-order valence-electron chi connectivity index (χ4n) is 1.45. The van der Waals surface area contributed by atoms with Crippen molar-refractivity contribution in [3.63, 3.8) is 0 Å². The topological polar surface area (TPSA) is 69.0 Å². The molecule has 0 bridgehead atoms. The van der Waals surface area contributed by atoms with Crippen LogP contribution in [-0.2, 0) is 0 Å². The maximum Gasteiger partial charge on any atom is 0.288 e. The van der Waals surface area contributed by atoms with E-state index in [-0.39, 0.29) is 23.9 Å². The minimum Gasteiger partial charge on any atom is -0.459 e. The molecule has 1 amide bonds. The van der Waals surface area contributed by atoms with Crippen molar-refractivity contribution in [2.24, 2.45) is 0 Å². The van der Waals surface area contributed by atoms with Gasteiger partial charge in [-0.3, -0.25) is 9.69 Å². The SMILES string of the molecule is CC(NC(=O)c1ccco1)N1CC1C#N. The zero-order chi connectivity index (χ0) is 10.8. The monoisotopic (exact) mass is 205 g/mol. The van der Waals surface area contributed by atoms with Crippen molar-refractivity contribution < 1.29 is 9.21 Å². The van der Waals surface area contributed by atoms with Gasteiger partial charge in [0.05, 0.1) is 18.5 Å². The summed E-state index contributed by atoms with van der Waals surface area (Å²) in [5.41, 5.74) is 0. The molecule has 1 aromatic heterocycles. The first-order valence-corrected chi connectivity index (χ1v) is 4.72. The molecule has 0 aliphatic carbocycles. The van der Waals surface area contributed by atoms with Crippen molar-refractivity contribution in [3.8, 4) is 6.07 Å². The number of carbonyl (C=O) groups excluding carboxylic acids is 1. The van der Waals surface area contributed by atoms with Crippen LogP contribution in [0.15, 0.2) is 22.8 Å². The van der Waals surface area contributed by atoms with Gasteiger partial charge in [-0.05, 0) is 19.1 Å². The Morgan fingerprint density at radius 2 is 2.67 bits per heavy atom. The normalized spacial score (nSPS) is 25.3. The Bertz CT molecular complexity index is 393. The van der Waals surface area contributed by atoms with Gasteiger partial charge in [-0.25, -0.2) is 0 Å². The van der Waals surface area contributed by atoms with Gasteiger partial charge in [0.2, 0.25) is 0 Å². The molecule has 78 valence electrons. The van der Waals surface area contributed by atoms with E-state index in [1.807, 2.05) is 11.8 Å². The van der Waals surface area contributed by atoms with Crippen molar-refractivity contribution in [1.29, 1.82) is 5.26 Å². The average Bonchev–Trinajstić information content (AvgIpc) is 2.82. The third kappa shape index (κ3) is 2.00. The summed E-state index contributed by atoms with van der Waals surface area (Å²) in [7, 11) is 0. The number of amides is 1. The van der Waals surface area contributed by atoms with Crippen LogP contribution < -0.4 is 5.32 Å². The van der Waals surface area contributed by atoms with Crippen LogP contribution in [0.4, 0.5) is 0 Å². The lowest BCUT2D eigenvalue weighted by molar-refractivity contribution is 0.0888. The molecule has 1 fully saturated rings. The predicted octanol–water partition coefficient (Wildman–Crippen LogP) is 0.563. The van der Waals surface area contributed by atoms with E-state index in [1.54, 1.807) is 12.1 Å². The average molecular weight is 205 g/mol. The lowest BCUT2D eigenvalue weighted by Crippen LogP contribution is -2.38. The van der Waals surface area contributed by atoms with Crippen molar-refractivity contribution in [3.05, 3.63) is 24.2 Å². The largest absolute Gasteiger partial charge is 0.459 e. The van der Waals surface area contributed by atoms with Crippen molar-refractivity contribution in [1.82, 2.24) is 10.2 Å². The van der Waals surface area contributed by atoms with Gasteiger partial charge >= 0.3 is 0 Å². The first-order chi connectivity index (χ1) is 7.22. The molecule has 2 rings (SSSR count). The summed E-state index contributed by atoms with van der Waals surface area (Å²) < 4.78 is 4.95. The molecule has 3 unspecified atom stereocenters. The highest BCUT2D eigenvalue weighted by Crippen LogP contribution is 2.18. The van der Waals surface area contributed by atoms with Crippen LogP contribution in [0.2, 0.25) is 0 Å². The molecular weight excluding hydrogens is 194 g/mol. The highest BCUT2D eigenvalue weighted by atomic mass is 16.3. The van der Waals surface area contributed by atoms with E-state index < -0.39 is 0 Å². The molecule has 1 saturated heterocycles. The third-order valence-electron chi connectivity index (χ3n) is 2.38. The Morgan fingerprint density at radius 3 is 3.20 bits per heavy atom. The molecule has 1 aromatic rings. The molecule has 1 N–H and O–H groups in total. The number of furan rings is 1. The summed E-state index contributed by atoms with van der Waals surface area (Å²) in [5.74, 6) is 0.0355. The summed E-state index contributed by atoms with van der Waals surface area (Å²) >= 11 is 0. The van der Waals surface area contributed by atoms with Crippen LogP contribution in [-0.4, -0.2) is 29.6 Å². The molecule has 0 spiro atoms. The summed E-state index contributed by atoms with van der Waals surface area (Å²) in [5, 5.41) is 11.4. The van der Waals surface area contributed by atoms with Crippen LogP contribution in [0, 0.1) is 11.3 Å². The number of nitrogens with one attached hydrogen (secondary N) is 1. The van der Waals surface area contributed by atoms with Gasteiger partial charge in [-0.2, -0.15) is 5.26 Å². The van der Waals surface area contributed by atoms with Crippen LogP contribution in [0.5, 0.6) is 0 Å². The van der Waals surface area contributed by atoms with Gasteiger partial charge in [-0.1, -0.05) is 0 Å². The lowest BCUT2D eigenvalue weighted by Gasteiger charge is -2.13. The first-order valence-electron chi connectivity index (χ1n) is 4.72. The third-order valence-corrected chi connectivity index (χ3v) is 2.38. The maximum absolute atomic E-state index is 11.5. The number of rotatable bonds is 3. The molecule has 5 heteroatoms. The highest BCUT2D eigenvalue weighted by Gasteiger charge is 2.38. The zero-order valence-corrected chi connectivity index (χ0v) is 8.30. The van der Waals surface area contributed by atoms with Crippen molar-refractivity contribution in [2.45, 2.75) is 19.1 Å². The van der Waals surface area contributed by atoms with Gasteiger partial charge in [0.15, 0.2) is 5.76 Å². The minimum absolute atomic E-state index is 0.0584. The highest BCUT2D eigenvalue weighted by molar-refractivity contribution is 5.91. The van der Waals surface area contributed by atoms with Crippen LogP contribution >= 0.6 is 0 Å². The number of nitriles is 1. The standard InChI is InChI=1S/C10H11N3O2/c1-7(13-6-8(13)5-11)12-10(14)9-3-2-4-15-9/h2-4,7-8H,6H2,1H3,(H,12,14). The summed E-state index contributed by atoms with van der Waals surface area (Å²) in [6.45, 7) is 2.56. The van der Waals surface area contributed by atoms with Crippen LogP contribution in [0.1, 0.15) is 17.5 Å². The molecule has 5 nitrogen and oxygen atoms in total. The number of hydrogen-bond donors (Lipinski definition) is 1. The number of hydrogen-bond acceptors (Lipinski definition) is 4. The zero-order valence-electron chi connectivity index (χ0n) is 8.30. The molecule has 1 aliphatic heterocycles. The van der Waals surface area contributed by atoms with Gasteiger partial charge < -0.3 is 9.73 Å². The first kappa shape index (κ1) is 9.74. The molecule has 0 aromatic carbocycles.